The monoisotopic (exact) mass is 476 g/mol. The van der Waals surface area contributed by atoms with Crippen molar-refractivity contribution in [2.24, 2.45) is 11.3 Å². The van der Waals surface area contributed by atoms with Gasteiger partial charge in [-0.2, -0.15) is 0 Å². The summed E-state index contributed by atoms with van der Waals surface area (Å²) in [6.07, 6.45) is 8.44. The quantitative estimate of drug-likeness (QED) is 0.220. The highest BCUT2D eigenvalue weighted by Gasteiger charge is 2.49. The lowest BCUT2D eigenvalue weighted by Crippen LogP contribution is -2.66. The fourth-order valence-corrected chi connectivity index (χ4v) is 10.3. The average molecular weight is 477 g/mol. The van der Waals surface area contributed by atoms with Gasteiger partial charge in [0.15, 0.2) is 0 Å². The SMILES string of the molecule is C/C(=C\C[C@]1(C)CCC[C@H](C)C1=O)CCCO[Si](c1ccccc1)(c1ccccc1)C(C)(C)C. The Hall–Kier alpha value is -1.97. The minimum Gasteiger partial charge on any atom is -0.407 e. The Morgan fingerprint density at radius 1 is 1.06 bits per heavy atom. The maximum Gasteiger partial charge on any atom is 0.261 e. The van der Waals surface area contributed by atoms with Gasteiger partial charge in [0, 0.05) is 17.9 Å². The van der Waals surface area contributed by atoms with Gasteiger partial charge in [-0.1, -0.05) is 113 Å². The molecule has 2 aromatic rings. The number of rotatable bonds is 9. The van der Waals surface area contributed by atoms with Crippen LogP contribution in [0.1, 0.15) is 80.1 Å². The van der Waals surface area contributed by atoms with Crippen molar-refractivity contribution in [3.8, 4) is 0 Å². The molecule has 0 bridgehead atoms. The van der Waals surface area contributed by atoms with E-state index in [-0.39, 0.29) is 16.4 Å². The van der Waals surface area contributed by atoms with Crippen LogP contribution in [0.15, 0.2) is 72.3 Å². The van der Waals surface area contributed by atoms with Crippen LogP contribution in [0.5, 0.6) is 0 Å². The number of Topliss-reactive ketones (excluding diaryl/α,β-unsaturated/α-hetero) is 1. The van der Waals surface area contributed by atoms with Gasteiger partial charge in [0.2, 0.25) is 0 Å². The largest absolute Gasteiger partial charge is 0.407 e. The van der Waals surface area contributed by atoms with Crippen molar-refractivity contribution in [3.05, 3.63) is 72.3 Å². The molecule has 0 spiro atoms. The van der Waals surface area contributed by atoms with E-state index < -0.39 is 8.32 Å². The second-order valence-electron chi connectivity index (χ2n) is 11.6. The van der Waals surface area contributed by atoms with Gasteiger partial charge in [-0.15, -0.1) is 0 Å². The Bertz CT molecular complexity index is 918. The molecule has 0 amide bonds. The van der Waals surface area contributed by atoms with Crippen molar-refractivity contribution in [1.82, 2.24) is 0 Å². The van der Waals surface area contributed by atoms with Gasteiger partial charge in [-0.25, -0.2) is 0 Å². The third kappa shape index (κ3) is 5.80. The molecule has 0 saturated heterocycles. The Kier molecular flexibility index (Phi) is 8.75. The molecular formula is C31H44O2Si. The first-order chi connectivity index (χ1) is 16.1. The van der Waals surface area contributed by atoms with Crippen LogP contribution in [0.25, 0.3) is 0 Å². The van der Waals surface area contributed by atoms with E-state index in [1.54, 1.807) is 0 Å². The molecule has 1 aliphatic carbocycles. The summed E-state index contributed by atoms with van der Waals surface area (Å²) in [6.45, 7) is 14.2. The van der Waals surface area contributed by atoms with Crippen LogP contribution in [0.3, 0.4) is 0 Å². The summed E-state index contributed by atoms with van der Waals surface area (Å²) in [5.41, 5.74) is 1.20. The van der Waals surface area contributed by atoms with Crippen LogP contribution in [0.2, 0.25) is 5.04 Å². The summed E-state index contributed by atoms with van der Waals surface area (Å²) in [5, 5.41) is 2.67. The van der Waals surface area contributed by atoms with Gasteiger partial charge in [0.25, 0.3) is 8.32 Å². The van der Waals surface area contributed by atoms with E-state index in [0.717, 1.165) is 38.7 Å². The molecule has 1 aliphatic rings. The van der Waals surface area contributed by atoms with Crippen LogP contribution in [-0.2, 0) is 9.22 Å². The summed E-state index contributed by atoms with van der Waals surface area (Å²) in [4.78, 5) is 12.7. The molecule has 0 heterocycles. The van der Waals surface area contributed by atoms with E-state index in [4.69, 9.17) is 4.43 Å². The van der Waals surface area contributed by atoms with Crippen LogP contribution >= 0.6 is 0 Å². The van der Waals surface area contributed by atoms with Gasteiger partial charge < -0.3 is 4.43 Å². The fourth-order valence-electron chi connectivity index (χ4n) is 5.69. The average Bonchev–Trinajstić information content (AvgIpc) is 2.82. The zero-order valence-corrected chi connectivity index (χ0v) is 23.2. The Morgan fingerprint density at radius 3 is 2.15 bits per heavy atom. The van der Waals surface area contributed by atoms with E-state index in [2.05, 4.69) is 108 Å². The Balaban J connectivity index is 1.71. The Morgan fingerprint density at radius 2 is 1.62 bits per heavy atom. The van der Waals surface area contributed by atoms with Crippen LogP contribution < -0.4 is 10.4 Å². The number of carbonyl (C=O) groups excluding carboxylic acids is 1. The zero-order chi connectivity index (χ0) is 24.8. The molecule has 0 radical (unpaired) electrons. The number of hydrogen-bond acceptors (Lipinski definition) is 2. The molecule has 3 heteroatoms. The van der Waals surface area contributed by atoms with Crippen molar-refractivity contribution in [3.63, 3.8) is 0 Å². The molecule has 0 aliphatic heterocycles. The fraction of sp³-hybridized carbons (Fsp3) is 0.516. The summed E-state index contributed by atoms with van der Waals surface area (Å²) in [7, 11) is -2.46. The molecular weight excluding hydrogens is 432 g/mol. The summed E-state index contributed by atoms with van der Waals surface area (Å²) in [5.74, 6) is 0.671. The standard InChI is InChI=1S/C31H44O2Si/c1-25(21-23-31(6)22-13-16-26(2)29(31)32)15-14-24-33-34(30(3,4)5,27-17-9-7-10-18-27)28-19-11-8-12-20-28/h7-12,17-21,26H,13-16,22-24H2,1-6H3/b25-21+/t26-,31-/m0/s1. The topological polar surface area (TPSA) is 26.3 Å². The van der Waals surface area contributed by atoms with Crippen molar-refractivity contribution >= 4 is 24.5 Å². The highest BCUT2D eigenvalue weighted by molar-refractivity contribution is 6.99. The van der Waals surface area contributed by atoms with Crippen molar-refractivity contribution in [1.29, 1.82) is 0 Å². The first-order valence-electron chi connectivity index (χ1n) is 13.1. The van der Waals surface area contributed by atoms with Gasteiger partial charge in [0.05, 0.1) is 0 Å². The predicted molar refractivity (Wildman–Crippen MR) is 147 cm³/mol. The summed E-state index contributed by atoms with van der Waals surface area (Å²) < 4.78 is 7.02. The summed E-state index contributed by atoms with van der Waals surface area (Å²) in [6, 6.07) is 21.7. The van der Waals surface area contributed by atoms with Crippen LogP contribution in [0.4, 0.5) is 0 Å². The number of ketones is 1. The van der Waals surface area contributed by atoms with Crippen molar-refractivity contribution in [2.75, 3.05) is 6.61 Å². The molecule has 34 heavy (non-hydrogen) atoms. The third-order valence-electron chi connectivity index (χ3n) is 7.76. The first-order valence-corrected chi connectivity index (χ1v) is 15.0. The predicted octanol–water partition coefficient (Wildman–Crippen LogP) is 7.08. The van der Waals surface area contributed by atoms with Crippen molar-refractivity contribution in [2.45, 2.75) is 85.1 Å². The molecule has 1 fully saturated rings. The van der Waals surface area contributed by atoms with Gasteiger partial charge in [-0.3, -0.25) is 4.79 Å². The second-order valence-corrected chi connectivity index (χ2v) is 15.9. The molecule has 1 saturated carbocycles. The Labute approximate surface area is 209 Å². The van der Waals surface area contributed by atoms with Gasteiger partial charge >= 0.3 is 0 Å². The lowest BCUT2D eigenvalue weighted by atomic mass is 9.68. The second kappa shape index (κ2) is 11.2. The van der Waals surface area contributed by atoms with E-state index in [0.29, 0.717) is 5.78 Å². The summed E-state index contributed by atoms with van der Waals surface area (Å²) >= 11 is 0. The third-order valence-corrected chi connectivity index (χ3v) is 12.8. The lowest BCUT2D eigenvalue weighted by molar-refractivity contribution is -0.134. The number of carbonyl (C=O) groups is 1. The number of hydrogen-bond donors (Lipinski definition) is 0. The molecule has 2 nitrogen and oxygen atoms in total. The highest BCUT2D eigenvalue weighted by atomic mass is 28.4. The highest BCUT2D eigenvalue weighted by Crippen LogP contribution is 2.39. The van der Waals surface area contributed by atoms with E-state index >= 15 is 0 Å². The normalized spacial score (nSPS) is 22.1. The van der Waals surface area contributed by atoms with E-state index in [1.807, 2.05) is 0 Å². The smallest absolute Gasteiger partial charge is 0.261 e. The van der Waals surface area contributed by atoms with E-state index in [1.165, 1.54) is 22.4 Å². The molecule has 3 rings (SSSR count). The molecule has 2 atom stereocenters. The number of benzene rings is 2. The molecule has 2 aromatic carbocycles. The minimum atomic E-state index is -2.46. The number of allylic oxidation sites excluding steroid dienone is 2. The maximum absolute atomic E-state index is 12.7. The first kappa shape index (κ1) is 26.6. The van der Waals surface area contributed by atoms with E-state index in [9.17, 15) is 4.79 Å². The zero-order valence-electron chi connectivity index (χ0n) is 22.2. The molecule has 184 valence electrons. The van der Waals surface area contributed by atoms with Gasteiger partial charge in [-0.05, 0) is 54.4 Å². The minimum absolute atomic E-state index is 0.00716. The molecule has 0 unspecified atom stereocenters. The molecule has 0 aromatic heterocycles. The molecule has 0 N–H and O–H groups in total. The van der Waals surface area contributed by atoms with Crippen molar-refractivity contribution < 1.29 is 9.22 Å². The van der Waals surface area contributed by atoms with Gasteiger partial charge in [0.1, 0.15) is 5.78 Å². The van der Waals surface area contributed by atoms with Crippen LogP contribution in [-0.4, -0.2) is 20.7 Å². The lowest BCUT2D eigenvalue weighted by Gasteiger charge is -2.43. The maximum atomic E-state index is 12.7. The van der Waals surface area contributed by atoms with Crippen LogP contribution in [0, 0.1) is 11.3 Å².